The van der Waals surface area contributed by atoms with Crippen LogP contribution < -0.4 is 19.5 Å². The van der Waals surface area contributed by atoms with Crippen molar-refractivity contribution in [3.05, 3.63) is 48.0 Å². The fourth-order valence-electron chi connectivity index (χ4n) is 2.13. The molecule has 0 spiro atoms. The molecule has 21 heavy (non-hydrogen) atoms. The van der Waals surface area contributed by atoms with Crippen molar-refractivity contribution in [2.75, 3.05) is 18.7 Å². The number of hydrogen-bond donors (Lipinski definition) is 1. The maximum atomic E-state index is 5.57. The van der Waals surface area contributed by atoms with Crippen molar-refractivity contribution in [2.45, 2.75) is 19.9 Å². The van der Waals surface area contributed by atoms with E-state index < -0.39 is 0 Å². The van der Waals surface area contributed by atoms with Gasteiger partial charge in [0.05, 0.1) is 6.61 Å². The van der Waals surface area contributed by atoms with Crippen molar-refractivity contribution in [2.24, 2.45) is 0 Å². The average Bonchev–Trinajstić information content (AvgIpc) is 2.99. The van der Waals surface area contributed by atoms with Gasteiger partial charge in [0.25, 0.3) is 0 Å². The lowest BCUT2D eigenvalue weighted by Gasteiger charge is -2.09. The molecule has 1 aliphatic rings. The van der Waals surface area contributed by atoms with E-state index in [-0.39, 0.29) is 0 Å². The summed E-state index contributed by atoms with van der Waals surface area (Å²) in [4.78, 5) is 0. The summed E-state index contributed by atoms with van der Waals surface area (Å²) in [5, 5.41) is 3.38. The third kappa shape index (κ3) is 3.40. The molecule has 1 heterocycles. The molecular weight excluding hydrogens is 266 g/mol. The van der Waals surface area contributed by atoms with E-state index >= 15 is 0 Å². The Balaban J connectivity index is 1.57. The van der Waals surface area contributed by atoms with Gasteiger partial charge < -0.3 is 19.5 Å². The van der Waals surface area contributed by atoms with E-state index in [2.05, 4.69) is 24.4 Å². The van der Waals surface area contributed by atoms with E-state index in [1.54, 1.807) is 0 Å². The molecule has 1 aliphatic heterocycles. The molecule has 110 valence electrons. The zero-order valence-electron chi connectivity index (χ0n) is 12.1. The molecule has 0 saturated heterocycles. The lowest BCUT2D eigenvalue weighted by molar-refractivity contribution is 0.174. The number of fused-ring (bicyclic) bond motifs is 1. The van der Waals surface area contributed by atoms with Gasteiger partial charge in [0.2, 0.25) is 6.79 Å². The SMILES string of the molecule is CCCOc1ccc(CNc2ccc3c(c2)OCO3)cc1. The summed E-state index contributed by atoms with van der Waals surface area (Å²) in [6, 6.07) is 14.0. The minimum atomic E-state index is 0.304. The molecule has 3 rings (SSSR count). The Kier molecular flexibility index (Phi) is 4.15. The summed E-state index contributed by atoms with van der Waals surface area (Å²) in [5.74, 6) is 2.52. The molecule has 0 radical (unpaired) electrons. The zero-order valence-corrected chi connectivity index (χ0v) is 12.1. The molecule has 2 aromatic rings. The second kappa shape index (κ2) is 6.39. The maximum absolute atomic E-state index is 5.57. The van der Waals surface area contributed by atoms with Crippen molar-refractivity contribution in [1.29, 1.82) is 0 Å². The van der Waals surface area contributed by atoms with Crippen LogP contribution in [0.15, 0.2) is 42.5 Å². The predicted molar refractivity (Wildman–Crippen MR) is 82.1 cm³/mol. The minimum Gasteiger partial charge on any atom is -0.494 e. The second-order valence-electron chi connectivity index (χ2n) is 4.91. The Bertz CT molecular complexity index is 595. The summed E-state index contributed by atoms with van der Waals surface area (Å²) in [5.41, 5.74) is 2.22. The van der Waals surface area contributed by atoms with Gasteiger partial charge in [-0.1, -0.05) is 19.1 Å². The van der Waals surface area contributed by atoms with Crippen LogP contribution in [0.25, 0.3) is 0 Å². The first kappa shape index (κ1) is 13.6. The van der Waals surface area contributed by atoms with E-state index in [0.717, 1.165) is 42.5 Å². The molecule has 1 N–H and O–H groups in total. The number of rotatable bonds is 6. The van der Waals surface area contributed by atoms with Crippen molar-refractivity contribution < 1.29 is 14.2 Å². The van der Waals surface area contributed by atoms with Crippen molar-refractivity contribution in [3.8, 4) is 17.2 Å². The average molecular weight is 285 g/mol. The van der Waals surface area contributed by atoms with Crippen LogP contribution in [0.4, 0.5) is 5.69 Å². The molecule has 4 heteroatoms. The van der Waals surface area contributed by atoms with Gasteiger partial charge in [0.1, 0.15) is 5.75 Å². The van der Waals surface area contributed by atoms with E-state index in [1.165, 1.54) is 5.56 Å². The normalized spacial score (nSPS) is 12.2. The van der Waals surface area contributed by atoms with Crippen LogP contribution in [-0.4, -0.2) is 13.4 Å². The van der Waals surface area contributed by atoms with Gasteiger partial charge in [0, 0.05) is 18.3 Å². The van der Waals surface area contributed by atoms with E-state index in [1.807, 2.05) is 30.3 Å². The molecule has 0 aromatic heterocycles. The maximum Gasteiger partial charge on any atom is 0.231 e. The Morgan fingerprint density at radius 3 is 2.67 bits per heavy atom. The third-order valence-electron chi connectivity index (χ3n) is 3.27. The van der Waals surface area contributed by atoms with Gasteiger partial charge >= 0.3 is 0 Å². The Morgan fingerprint density at radius 1 is 1.05 bits per heavy atom. The van der Waals surface area contributed by atoms with Crippen molar-refractivity contribution in [1.82, 2.24) is 0 Å². The van der Waals surface area contributed by atoms with Gasteiger partial charge in [0.15, 0.2) is 11.5 Å². The van der Waals surface area contributed by atoms with E-state index in [4.69, 9.17) is 14.2 Å². The van der Waals surface area contributed by atoms with Gasteiger partial charge in [-0.2, -0.15) is 0 Å². The van der Waals surface area contributed by atoms with Gasteiger partial charge in [-0.3, -0.25) is 0 Å². The van der Waals surface area contributed by atoms with Crippen LogP contribution in [0.1, 0.15) is 18.9 Å². The van der Waals surface area contributed by atoms with Crippen molar-refractivity contribution in [3.63, 3.8) is 0 Å². The standard InChI is InChI=1S/C17H19NO3/c1-2-9-19-15-6-3-13(4-7-15)11-18-14-5-8-16-17(10-14)21-12-20-16/h3-8,10,18H,2,9,11-12H2,1H3. The van der Waals surface area contributed by atoms with Crippen molar-refractivity contribution >= 4 is 5.69 Å². The van der Waals surface area contributed by atoms with E-state index in [0.29, 0.717) is 6.79 Å². The van der Waals surface area contributed by atoms with Crippen LogP contribution in [0.5, 0.6) is 17.2 Å². The Morgan fingerprint density at radius 2 is 1.86 bits per heavy atom. The predicted octanol–water partition coefficient (Wildman–Crippen LogP) is 3.82. The molecule has 4 nitrogen and oxygen atoms in total. The van der Waals surface area contributed by atoms with E-state index in [9.17, 15) is 0 Å². The van der Waals surface area contributed by atoms with Crippen LogP contribution in [0.3, 0.4) is 0 Å². The molecule has 0 atom stereocenters. The summed E-state index contributed by atoms with van der Waals surface area (Å²) in [6.07, 6.45) is 1.02. The fraction of sp³-hybridized carbons (Fsp3) is 0.294. The molecule has 0 fully saturated rings. The highest BCUT2D eigenvalue weighted by Crippen LogP contribution is 2.34. The third-order valence-corrected chi connectivity index (χ3v) is 3.27. The van der Waals surface area contributed by atoms with Crippen LogP contribution in [-0.2, 0) is 6.54 Å². The summed E-state index contributed by atoms with van der Waals surface area (Å²) in [6.45, 7) is 3.92. The van der Waals surface area contributed by atoms with Crippen LogP contribution in [0.2, 0.25) is 0 Å². The molecule has 0 aliphatic carbocycles. The summed E-state index contributed by atoms with van der Waals surface area (Å²) < 4.78 is 16.2. The largest absolute Gasteiger partial charge is 0.494 e. The first-order valence-electron chi connectivity index (χ1n) is 7.20. The highest BCUT2D eigenvalue weighted by Gasteiger charge is 2.12. The second-order valence-corrected chi connectivity index (χ2v) is 4.91. The number of anilines is 1. The summed E-state index contributed by atoms with van der Waals surface area (Å²) >= 11 is 0. The smallest absolute Gasteiger partial charge is 0.231 e. The molecule has 0 amide bonds. The first-order chi connectivity index (χ1) is 10.3. The lowest BCUT2D eigenvalue weighted by atomic mass is 10.2. The minimum absolute atomic E-state index is 0.304. The number of nitrogens with one attached hydrogen (secondary N) is 1. The Hall–Kier alpha value is -2.36. The van der Waals surface area contributed by atoms with Gasteiger partial charge in [-0.25, -0.2) is 0 Å². The molecule has 0 bridgehead atoms. The Labute approximate surface area is 124 Å². The fourth-order valence-corrected chi connectivity index (χ4v) is 2.13. The van der Waals surface area contributed by atoms with Gasteiger partial charge in [-0.15, -0.1) is 0 Å². The molecular formula is C17H19NO3. The highest BCUT2D eigenvalue weighted by molar-refractivity contribution is 5.55. The molecule has 0 saturated carbocycles. The van der Waals surface area contributed by atoms with Crippen LogP contribution in [0, 0.1) is 0 Å². The monoisotopic (exact) mass is 285 g/mol. The number of benzene rings is 2. The topological polar surface area (TPSA) is 39.7 Å². The number of hydrogen-bond acceptors (Lipinski definition) is 4. The molecule has 0 unspecified atom stereocenters. The quantitative estimate of drug-likeness (QED) is 0.876. The summed E-state index contributed by atoms with van der Waals surface area (Å²) in [7, 11) is 0. The first-order valence-corrected chi connectivity index (χ1v) is 7.20. The number of ether oxygens (including phenoxy) is 3. The zero-order chi connectivity index (χ0) is 14.5. The molecule has 2 aromatic carbocycles. The van der Waals surface area contributed by atoms with Crippen LogP contribution >= 0.6 is 0 Å². The highest BCUT2D eigenvalue weighted by atomic mass is 16.7. The van der Waals surface area contributed by atoms with Gasteiger partial charge in [-0.05, 0) is 36.2 Å². The lowest BCUT2D eigenvalue weighted by Crippen LogP contribution is -2.00.